The van der Waals surface area contributed by atoms with E-state index in [0.717, 1.165) is 18.6 Å². The second-order valence-corrected chi connectivity index (χ2v) is 6.81. The quantitative estimate of drug-likeness (QED) is 0.891. The molecule has 0 spiro atoms. The predicted molar refractivity (Wildman–Crippen MR) is 96.7 cm³/mol. The summed E-state index contributed by atoms with van der Waals surface area (Å²) in [5.74, 6) is 1.26. The molecule has 2 amide bonds. The highest BCUT2D eigenvalue weighted by Crippen LogP contribution is 2.30. The summed E-state index contributed by atoms with van der Waals surface area (Å²) in [5, 5.41) is 2.94. The number of hydrogen-bond acceptors (Lipinski definition) is 5. The van der Waals surface area contributed by atoms with Gasteiger partial charge in [0.15, 0.2) is 17.3 Å². The average Bonchev–Trinajstić information content (AvgIpc) is 3.26. The van der Waals surface area contributed by atoms with Crippen LogP contribution in [0.3, 0.4) is 0 Å². The van der Waals surface area contributed by atoms with E-state index in [2.05, 4.69) is 5.32 Å². The number of benzene rings is 1. The fourth-order valence-electron chi connectivity index (χ4n) is 3.45. The zero-order valence-electron chi connectivity index (χ0n) is 14.9. The SMILES string of the molecule is O=C(NC[C@H]1COc2ccccc2O1)[C@@H]1CCCN(C(=O)c2ccco2)C1. The fraction of sp³-hybridized carbons (Fsp3) is 0.400. The zero-order chi connectivity index (χ0) is 18.6. The number of carbonyl (C=O) groups is 2. The van der Waals surface area contributed by atoms with E-state index >= 15 is 0 Å². The molecular formula is C20H22N2O5. The third kappa shape index (κ3) is 3.92. The number of hydrogen-bond donors (Lipinski definition) is 1. The summed E-state index contributed by atoms with van der Waals surface area (Å²) in [6.07, 6.45) is 2.80. The molecule has 1 aromatic carbocycles. The number of para-hydroxylation sites is 2. The Morgan fingerprint density at radius 3 is 2.81 bits per heavy atom. The summed E-state index contributed by atoms with van der Waals surface area (Å²) >= 11 is 0. The van der Waals surface area contributed by atoms with Gasteiger partial charge in [0.2, 0.25) is 5.91 Å². The molecule has 7 nitrogen and oxygen atoms in total. The van der Waals surface area contributed by atoms with Gasteiger partial charge in [-0.1, -0.05) is 12.1 Å². The minimum Gasteiger partial charge on any atom is -0.486 e. The van der Waals surface area contributed by atoms with Gasteiger partial charge in [-0.15, -0.1) is 0 Å². The maximum Gasteiger partial charge on any atom is 0.289 e. The van der Waals surface area contributed by atoms with Gasteiger partial charge in [0.05, 0.1) is 18.7 Å². The highest BCUT2D eigenvalue weighted by atomic mass is 16.6. The summed E-state index contributed by atoms with van der Waals surface area (Å²) in [6.45, 7) is 1.80. The highest BCUT2D eigenvalue weighted by Gasteiger charge is 2.30. The van der Waals surface area contributed by atoms with Gasteiger partial charge < -0.3 is 24.1 Å². The Kier molecular flexibility index (Phi) is 5.00. The molecule has 0 saturated carbocycles. The van der Waals surface area contributed by atoms with Crippen molar-refractivity contribution in [2.24, 2.45) is 5.92 Å². The van der Waals surface area contributed by atoms with E-state index in [0.29, 0.717) is 37.8 Å². The van der Waals surface area contributed by atoms with Gasteiger partial charge >= 0.3 is 0 Å². The van der Waals surface area contributed by atoms with Crippen LogP contribution >= 0.6 is 0 Å². The van der Waals surface area contributed by atoms with Crippen LogP contribution in [-0.4, -0.2) is 49.1 Å². The number of furan rings is 1. The Bertz CT molecular complexity index is 804. The van der Waals surface area contributed by atoms with E-state index in [1.54, 1.807) is 17.0 Å². The van der Waals surface area contributed by atoms with E-state index in [1.807, 2.05) is 24.3 Å². The Balaban J connectivity index is 1.29. The largest absolute Gasteiger partial charge is 0.486 e. The summed E-state index contributed by atoms with van der Waals surface area (Å²) in [6, 6.07) is 10.8. The van der Waals surface area contributed by atoms with Crippen molar-refractivity contribution in [3.8, 4) is 11.5 Å². The molecule has 3 heterocycles. The molecule has 1 saturated heterocycles. The molecule has 0 aliphatic carbocycles. The Morgan fingerprint density at radius 1 is 1.15 bits per heavy atom. The number of amides is 2. The number of rotatable bonds is 4. The molecule has 2 atom stereocenters. The second-order valence-electron chi connectivity index (χ2n) is 6.81. The zero-order valence-corrected chi connectivity index (χ0v) is 14.9. The first-order valence-corrected chi connectivity index (χ1v) is 9.19. The van der Waals surface area contributed by atoms with Crippen LogP contribution in [0.25, 0.3) is 0 Å². The molecule has 2 aliphatic heterocycles. The number of nitrogens with one attached hydrogen (secondary N) is 1. The van der Waals surface area contributed by atoms with E-state index in [4.69, 9.17) is 13.9 Å². The minimum absolute atomic E-state index is 0.0607. The van der Waals surface area contributed by atoms with Crippen molar-refractivity contribution < 1.29 is 23.5 Å². The Labute approximate surface area is 157 Å². The summed E-state index contributed by atoms with van der Waals surface area (Å²) in [4.78, 5) is 26.7. The molecule has 0 bridgehead atoms. The molecular weight excluding hydrogens is 348 g/mol. The van der Waals surface area contributed by atoms with Gasteiger partial charge in [-0.2, -0.15) is 0 Å². The second kappa shape index (κ2) is 7.73. The van der Waals surface area contributed by atoms with Crippen molar-refractivity contribution in [3.05, 3.63) is 48.4 Å². The first-order valence-electron chi connectivity index (χ1n) is 9.19. The smallest absolute Gasteiger partial charge is 0.289 e. The van der Waals surface area contributed by atoms with Crippen molar-refractivity contribution >= 4 is 11.8 Å². The number of carbonyl (C=O) groups excluding carboxylic acids is 2. The first-order chi connectivity index (χ1) is 13.2. The molecule has 27 heavy (non-hydrogen) atoms. The van der Waals surface area contributed by atoms with Gasteiger partial charge in [0.1, 0.15) is 12.7 Å². The number of likely N-dealkylation sites (tertiary alicyclic amines) is 1. The third-order valence-electron chi connectivity index (χ3n) is 4.88. The lowest BCUT2D eigenvalue weighted by atomic mass is 9.97. The van der Waals surface area contributed by atoms with Crippen molar-refractivity contribution in [1.29, 1.82) is 0 Å². The Morgan fingerprint density at radius 2 is 2.00 bits per heavy atom. The van der Waals surface area contributed by atoms with Crippen molar-refractivity contribution in [1.82, 2.24) is 10.2 Å². The molecule has 1 N–H and O–H groups in total. The molecule has 2 aliphatic rings. The summed E-state index contributed by atoms with van der Waals surface area (Å²) < 4.78 is 16.7. The van der Waals surface area contributed by atoms with Crippen LogP contribution in [0, 0.1) is 5.92 Å². The summed E-state index contributed by atoms with van der Waals surface area (Å²) in [7, 11) is 0. The van der Waals surface area contributed by atoms with Gasteiger partial charge in [-0.05, 0) is 37.1 Å². The topological polar surface area (TPSA) is 81.0 Å². The first kappa shape index (κ1) is 17.5. The molecule has 7 heteroatoms. The minimum atomic E-state index is -0.228. The molecule has 1 aromatic heterocycles. The van der Waals surface area contributed by atoms with Gasteiger partial charge in [-0.25, -0.2) is 0 Å². The predicted octanol–water partition coefficient (Wildman–Crippen LogP) is 2.09. The fourth-order valence-corrected chi connectivity index (χ4v) is 3.45. The Hall–Kier alpha value is -2.96. The van der Waals surface area contributed by atoms with E-state index < -0.39 is 0 Å². The molecule has 1 fully saturated rings. The van der Waals surface area contributed by atoms with Crippen LogP contribution in [0.5, 0.6) is 11.5 Å². The maximum absolute atomic E-state index is 12.6. The van der Waals surface area contributed by atoms with Crippen LogP contribution in [0.2, 0.25) is 0 Å². The number of nitrogens with zero attached hydrogens (tertiary/aromatic N) is 1. The maximum atomic E-state index is 12.6. The number of fused-ring (bicyclic) bond motifs is 1. The lowest BCUT2D eigenvalue weighted by Gasteiger charge is -2.32. The van der Waals surface area contributed by atoms with Crippen LogP contribution in [0.15, 0.2) is 47.1 Å². The molecule has 4 rings (SSSR count). The number of piperidine rings is 1. The molecule has 2 aromatic rings. The van der Waals surface area contributed by atoms with E-state index in [1.165, 1.54) is 6.26 Å². The standard InChI is InChI=1S/C20H22N2O5/c23-19(21-11-15-13-26-16-6-1-2-7-17(16)27-15)14-5-3-9-22(12-14)20(24)18-8-4-10-25-18/h1-2,4,6-8,10,14-15H,3,5,9,11-13H2,(H,21,23)/t14-,15+/m1/s1. The highest BCUT2D eigenvalue weighted by molar-refractivity contribution is 5.92. The van der Waals surface area contributed by atoms with Crippen LogP contribution in [0.4, 0.5) is 0 Å². The lowest BCUT2D eigenvalue weighted by Crippen LogP contribution is -2.48. The average molecular weight is 370 g/mol. The van der Waals surface area contributed by atoms with Crippen molar-refractivity contribution in [2.45, 2.75) is 18.9 Å². The van der Waals surface area contributed by atoms with Crippen LogP contribution in [0.1, 0.15) is 23.4 Å². The van der Waals surface area contributed by atoms with Gasteiger partial charge in [0, 0.05) is 13.1 Å². The van der Waals surface area contributed by atoms with E-state index in [-0.39, 0.29) is 23.8 Å². The third-order valence-corrected chi connectivity index (χ3v) is 4.88. The summed E-state index contributed by atoms with van der Waals surface area (Å²) in [5.41, 5.74) is 0. The molecule has 0 radical (unpaired) electrons. The van der Waals surface area contributed by atoms with Crippen molar-refractivity contribution in [3.63, 3.8) is 0 Å². The van der Waals surface area contributed by atoms with Gasteiger partial charge in [0.25, 0.3) is 5.91 Å². The number of ether oxygens (including phenoxy) is 2. The van der Waals surface area contributed by atoms with E-state index in [9.17, 15) is 9.59 Å². The lowest BCUT2D eigenvalue weighted by molar-refractivity contribution is -0.126. The molecule has 142 valence electrons. The monoisotopic (exact) mass is 370 g/mol. The molecule has 0 unspecified atom stereocenters. The van der Waals surface area contributed by atoms with Crippen molar-refractivity contribution in [2.75, 3.05) is 26.2 Å². The van der Waals surface area contributed by atoms with Crippen LogP contribution in [-0.2, 0) is 4.79 Å². The van der Waals surface area contributed by atoms with Crippen LogP contribution < -0.4 is 14.8 Å². The normalized spacial score (nSPS) is 21.6. The van der Waals surface area contributed by atoms with Gasteiger partial charge in [-0.3, -0.25) is 9.59 Å².